The van der Waals surface area contributed by atoms with E-state index >= 15 is 0 Å². The van der Waals surface area contributed by atoms with Gasteiger partial charge in [0.05, 0.1) is 6.04 Å². The number of carbonyl (C=O) groups excluding carboxylic acids is 1. The molecule has 2 aromatic rings. The SMILES string of the molecule is CSc1cccc(NC(=O)C(C)NC(c2ccccc2)C2CC2)c1. The summed E-state index contributed by atoms with van der Waals surface area (Å²) in [7, 11) is 0. The number of amides is 1. The van der Waals surface area contributed by atoms with Gasteiger partial charge in [-0.15, -0.1) is 11.8 Å². The predicted molar refractivity (Wildman–Crippen MR) is 101 cm³/mol. The van der Waals surface area contributed by atoms with Gasteiger partial charge in [0.2, 0.25) is 5.91 Å². The van der Waals surface area contributed by atoms with Gasteiger partial charge in [0.15, 0.2) is 0 Å². The van der Waals surface area contributed by atoms with Gasteiger partial charge in [0.1, 0.15) is 0 Å². The molecule has 0 aromatic heterocycles. The van der Waals surface area contributed by atoms with Crippen molar-refractivity contribution in [2.75, 3.05) is 11.6 Å². The van der Waals surface area contributed by atoms with E-state index in [1.807, 2.05) is 43.5 Å². The van der Waals surface area contributed by atoms with Crippen LogP contribution in [0.4, 0.5) is 5.69 Å². The maximum Gasteiger partial charge on any atom is 0.241 e. The second-order valence-electron chi connectivity index (χ2n) is 6.34. The van der Waals surface area contributed by atoms with Crippen molar-refractivity contribution in [3.8, 4) is 0 Å². The molecule has 1 aliphatic rings. The van der Waals surface area contributed by atoms with E-state index in [-0.39, 0.29) is 18.0 Å². The summed E-state index contributed by atoms with van der Waals surface area (Å²) < 4.78 is 0. The Morgan fingerprint density at radius 1 is 1.12 bits per heavy atom. The third kappa shape index (κ3) is 4.40. The Balaban J connectivity index is 1.64. The maximum atomic E-state index is 12.5. The van der Waals surface area contributed by atoms with Crippen molar-refractivity contribution in [3.63, 3.8) is 0 Å². The van der Waals surface area contributed by atoms with Crippen LogP contribution in [0.3, 0.4) is 0 Å². The lowest BCUT2D eigenvalue weighted by atomic mass is 10.0. The highest BCUT2D eigenvalue weighted by molar-refractivity contribution is 7.98. The molecule has 2 unspecified atom stereocenters. The Morgan fingerprint density at radius 3 is 2.54 bits per heavy atom. The van der Waals surface area contributed by atoms with Gasteiger partial charge in [0, 0.05) is 16.6 Å². The molecule has 1 saturated carbocycles. The van der Waals surface area contributed by atoms with E-state index in [2.05, 4.69) is 34.9 Å². The molecule has 3 rings (SSSR count). The highest BCUT2D eigenvalue weighted by Gasteiger charge is 2.33. The number of benzene rings is 2. The van der Waals surface area contributed by atoms with Gasteiger partial charge in [-0.3, -0.25) is 10.1 Å². The Morgan fingerprint density at radius 2 is 1.88 bits per heavy atom. The average molecular weight is 340 g/mol. The van der Waals surface area contributed by atoms with Crippen LogP contribution in [0.1, 0.15) is 31.4 Å². The lowest BCUT2D eigenvalue weighted by molar-refractivity contribution is -0.118. The number of thioether (sulfide) groups is 1. The van der Waals surface area contributed by atoms with Crippen LogP contribution in [0, 0.1) is 5.92 Å². The molecule has 24 heavy (non-hydrogen) atoms. The zero-order chi connectivity index (χ0) is 16.9. The van der Waals surface area contributed by atoms with Crippen LogP contribution in [-0.4, -0.2) is 18.2 Å². The zero-order valence-corrected chi connectivity index (χ0v) is 15.0. The Labute approximate surface area is 148 Å². The first-order valence-electron chi connectivity index (χ1n) is 8.43. The first kappa shape index (κ1) is 17.1. The second kappa shape index (κ2) is 7.86. The van der Waals surface area contributed by atoms with Gasteiger partial charge in [-0.1, -0.05) is 36.4 Å². The molecule has 2 aromatic carbocycles. The minimum absolute atomic E-state index is 0.00911. The molecule has 3 nitrogen and oxygen atoms in total. The molecular formula is C20H24N2OS. The maximum absolute atomic E-state index is 12.5. The second-order valence-corrected chi connectivity index (χ2v) is 7.21. The summed E-state index contributed by atoms with van der Waals surface area (Å²) in [5.74, 6) is 0.650. The van der Waals surface area contributed by atoms with E-state index in [1.54, 1.807) is 11.8 Å². The molecule has 0 aliphatic heterocycles. The normalized spacial score (nSPS) is 16.4. The minimum Gasteiger partial charge on any atom is -0.325 e. The van der Waals surface area contributed by atoms with Gasteiger partial charge < -0.3 is 5.32 Å². The summed E-state index contributed by atoms with van der Waals surface area (Å²) in [6.45, 7) is 1.94. The number of hydrogen-bond donors (Lipinski definition) is 2. The van der Waals surface area contributed by atoms with Gasteiger partial charge in [-0.2, -0.15) is 0 Å². The van der Waals surface area contributed by atoms with Gasteiger partial charge in [0.25, 0.3) is 0 Å². The largest absolute Gasteiger partial charge is 0.325 e. The lowest BCUT2D eigenvalue weighted by Gasteiger charge is -2.23. The van der Waals surface area contributed by atoms with Gasteiger partial charge in [-0.05, 0) is 55.7 Å². The smallest absolute Gasteiger partial charge is 0.241 e. The molecule has 2 N–H and O–H groups in total. The fraction of sp³-hybridized carbons (Fsp3) is 0.350. The molecule has 0 spiro atoms. The summed E-state index contributed by atoms with van der Waals surface area (Å²) in [4.78, 5) is 13.7. The van der Waals surface area contributed by atoms with Crippen LogP contribution >= 0.6 is 11.8 Å². The van der Waals surface area contributed by atoms with Gasteiger partial charge >= 0.3 is 0 Å². The van der Waals surface area contributed by atoms with Crippen molar-refractivity contribution >= 4 is 23.4 Å². The third-order valence-corrected chi connectivity index (χ3v) is 5.14. The van der Waals surface area contributed by atoms with Crippen molar-refractivity contribution in [2.24, 2.45) is 5.92 Å². The van der Waals surface area contributed by atoms with E-state index in [4.69, 9.17) is 0 Å². The standard InChI is InChI=1S/C20H24N2OS/c1-14(20(23)22-17-9-6-10-18(13-17)24-2)21-19(16-11-12-16)15-7-4-3-5-8-15/h3-10,13-14,16,19,21H,11-12H2,1-2H3,(H,22,23). The Hall–Kier alpha value is -1.78. The van der Waals surface area contributed by atoms with Crippen molar-refractivity contribution in [3.05, 3.63) is 60.2 Å². The fourth-order valence-electron chi connectivity index (χ4n) is 2.89. The van der Waals surface area contributed by atoms with Crippen molar-refractivity contribution in [2.45, 2.75) is 36.7 Å². The van der Waals surface area contributed by atoms with E-state index in [0.717, 1.165) is 10.6 Å². The molecule has 2 atom stereocenters. The summed E-state index contributed by atoms with van der Waals surface area (Å²) in [5.41, 5.74) is 2.12. The average Bonchev–Trinajstić information content (AvgIpc) is 3.45. The summed E-state index contributed by atoms with van der Waals surface area (Å²) in [6, 6.07) is 18.4. The van der Waals surface area contributed by atoms with Gasteiger partial charge in [-0.25, -0.2) is 0 Å². The monoisotopic (exact) mass is 340 g/mol. The first-order valence-corrected chi connectivity index (χ1v) is 9.66. The predicted octanol–water partition coefficient (Wildman–Crippen LogP) is 4.48. The van der Waals surface area contributed by atoms with Crippen molar-refractivity contribution < 1.29 is 4.79 Å². The van der Waals surface area contributed by atoms with Crippen LogP contribution in [0.5, 0.6) is 0 Å². The van der Waals surface area contributed by atoms with Crippen LogP contribution < -0.4 is 10.6 Å². The molecule has 1 aliphatic carbocycles. The van der Waals surface area contributed by atoms with Crippen molar-refractivity contribution in [1.82, 2.24) is 5.32 Å². The van der Waals surface area contributed by atoms with E-state index in [0.29, 0.717) is 5.92 Å². The fourth-order valence-corrected chi connectivity index (χ4v) is 3.35. The van der Waals surface area contributed by atoms with E-state index in [9.17, 15) is 4.79 Å². The number of carbonyl (C=O) groups is 1. The van der Waals surface area contributed by atoms with Crippen molar-refractivity contribution in [1.29, 1.82) is 0 Å². The molecule has 126 valence electrons. The molecule has 1 amide bonds. The minimum atomic E-state index is -0.242. The molecule has 0 heterocycles. The third-order valence-electron chi connectivity index (χ3n) is 4.41. The number of hydrogen-bond acceptors (Lipinski definition) is 3. The van der Waals surface area contributed by atoms with Crippen LogP contribution in [0.15, 0.2) is 59.5 Å². The summed E-state index contributed by atoms with van der Waals surface area (Å²) in [6.07, 6.45) is 4.50. The topological polar surface area (TPSA) is 41.1 Å². The molecule has 4 heteroatoms. The quantitative estimate of drug-likeness (QED) is 0.730. The summed E-state index contributed by atoms with van der Waals surface area (Å²) in [5, 5.41) is 6.54. The molecule has 0 saturated heterocycles. The zero-order valence-electron chi connectivity index (χ0n) is 14.2. The molecule has 0 bridgehead atoms. The number of rotatable bonds is 7. The lowest BCUT2D eigenvalue weighted by Crippen LogP contribution is -2.40. The van der Waals surface area contributed by atoms with E-state index < -0.39 is 0 Å². The van der Waals surface area contributed by atoms with E-state index in [1.165, 1.54) is 18.4 Å². The Bertz CT molecular complexity index is 685. The van der Waals surface area contributed by atoms with Crippen LogP contribution in [0.2, 0.25) is 0 Å². The summed E-state index contributed by atoms with van der Waals surface area (Å²) >= 11 is 1.67. The molecular weight excluding hydrogens is 316 g/mol. The first-order chi connectivity index (χ1) is 11.7. The van der Waals surface area contributed by atoms with Crippen LogP contribution in [0.25, 0.3) is 0 Å². The number of nitrogens with one attached hydrogen (secondary N) is 2. The number of anilines is 1. The Kier molecular flexibility index (Phi) is 5.59. The highest BCUT2D eigenvalue weighted by atomic mass is 32.2. The van der Waals surface area contributed by atoms with Crippen LogP contribution in [-0.2, 0) is 4.79 Å². The molecule has 0 radical (unpaired) electrons. The molecule has 1 fully saturated rings. The highest BCUT2D eigenvalue weighted by Crippen LogP contribution is 2.41.